The Morgan fingerprint density at radius 3 is 2.53 bits per heavy atom. The topological polar surface area (TPSA) is 15.3 Å². The molecule has 1 fully saturated rings. The van der Waals surface area contributed by atoms with Gasteiger partial charge in [0, 0.05) is 25.3 Å². The minimum atomic E-state index is -0.127. The molecule has 1 N–H and O–H groups in total. The number of halogens is 1. The molecule has 0 aliphatic carbocycles. The second-order valence-electron chi connectivity index (χ2n) is 5.85. The van der Waals surface area contributed by atoms with E-state index in [9.17, 15) is 4.39 Å². The van der Waals surface area contributed by atoms with E-state index in [2.05, 4.69) is 37.1 Å². The van der Waals surface area contributed by atoms with Gasteiger partial charge in [0.1, 0.15) is 5.82 Å². The van der Waals surface area contributed by atoms with Gasteiger partial charge >= 0.3 is 0 Å². The Morgan fingerprint density at radius 1 is 1.21 bits per heavy atom. The molecule has 0 radical (unpaired) electrons. The quantitative estimate of drug-likeness (QED) is 0.820. The summed E-state index contributed by atoms with van der Waals surface area (Å²) in [7, 11) is 0. The van der Waals surface area contributed by atoms with Crippen LogP contribution < -0.4 is 10.2 Å². The Hall–Kier alpha value is -1.09. The molecule has 1 aliphatic heterocycles. The molecule has 2 rings (SSSR count). The standard InChI is InChI=1S/C16H25FN2/c1-4-5-18-9-14-6-15(17)8-16(7-14)19-10-12(2)13(3)11-19/h6-8,12-13,18H,4-5,9-11H2,1-3H3. The molecule has 0 aromatic heterocycles. The third-order valence-corrected chi connectivity index (χ3v) is 4.05. The lowest BCUT2D eigenvalue weighted by Gasteiger charge is -2.19. The van der Waals surface area contributed by atoms with Gasteiger partial charge in [0.15, 0.2) is 0 Å². The molecule has 1 aromatic rings. The van der Waals surface area contributed by atoms with Crippen molar-refractivity contribution in [3.63, 3.8) is 0 Å². The van der Waals surface area contributed by atoms with E-state index in [-0.39, 0.29) is 5.82 Å². The van der Waals surface area contributed by atoms with Crippen molar-refractivity contribution in [2.45, 2.75) is 33.7 Å². The van der Waals surface area contributed by atoms with Crippen LogP contribution in [-0.2, 0) is 6.54 Å². The van der Waals surface area contributed by atoms with Crippen LogP contribution >= 0.6 is 0 Å². The summed E-state index contributed by atoms with van der Waals surface area (Å²) in [4.78, 5) is 2.31. The Balaban J connectivity index is 2.08. The van der Waals surface area contributed by atoms with E-state index in [1.165, 1.54) is 0 Å². The van der Waals surface area contributed by atoms with Crippen LogP contribution in [0.3, 0.4) is 0 Å². The van der Waals surface area contributed by atoms with Crippen molar-refractivity contribution in [3.05, 3.63) is 29.6 Å². The van der Waals surface area contributed by atoms with Crippen LogP contribution in [0.15, 0.2) is 18.2 Å². The van der Waals surface area contributed by atoms with Gasteiger partial charge in [-0.05, 0) is 48.6 Å². The van der Waals surface area contributed by atoms with Gasteiger partial charge in [-0.2, -0.15) is 0 Å². The Morgan fingerprint density at radius 2 is 1.89 bits per heavy atom. The van der Waals surface area contributed by atoms with Crippen LogP contribution in [0, 0.1) is 17.7 Å². The number of benzene rings is 1. The summed E-state index contributed by atoms with van der Waals surface area (Å²) in [6, 6.07) is 5.42. The molecule has 19 heavy (non-hydrogen) atoms. The lowest BCUT2D eigenvalue weighted by molar-refractivity contribution is 0.494. The Labute approximate surface area is 116 Å². The highest BCUT2D eigenvalue weighted by atomic mass is 19.1. The van der Waals surface area contributed by atoms with Crippen LogP contribution in [0.1, 0.15) is 32.8 Å². The largest absolute Gasteiger partial charge is 0.371 e. The molecule has 2 unspecified atom stereocenters. The molecule has 0 saturated carbocycles. The number of nitrogens with zero attached hydrogens (tertiary/aromatic N) is 1. The minimum Gasteiger partial charge on any atom is -0.371 e. The minimum absolute atomic E-state index is 0.127. The number of nitrogens with one attached hydrogen (secondary N) is 1. The predicted molar refractivity (Wildman–Crippen MR) is 78.9 cm³/mol. The Bertz CT molecular complexity index is 409. The predicted octanol–water partition coefficient (Wildman–Crippen LogP) is 3.42. The van der Waals surface area contributed by atoms with Crippen LogP contribution in [0.5, 0.6) is 0 Å². The van der Waals surface area contributed by atoms with E-state index >= 15 is 0 Å². The zero-order valence-electron chi connectivity index (χ0n) is 12.2. The molecule has 2 nitrogen and oxygen atoms in total. The average Bonchev–Trinajstić information content (AvgIpc) is 2.69. The van der Waals surface area contributed by atoms with Crippen molar-refractivity contribution in [3.8, 4) is 0 Å². The van der Waals surface area contributed by atoms with Crippen LogP contribution in [-0.4, -0.2) is 19.6 Å². The molecule has 1 heterocycles. The summed E-state index contributed by atoms with van der Waals surface area (Å²) in [5, 5.41) is 3.33. The molecule has 0 bridgehead atoms. The zero-order valence-corrected chi connectivity index (χ0v) is 12.2. The van der Waals surface area contributed by atoms with Gasteiger partial charge in [-0.15, -0.1) is 0 Å². The summed E-state index contributed by atoms with van der Waals surface area (Å²) in [6.45, 7) is 10.5. The molecule has 3 heteroatoms. The maximum atomic E-state index is 13.7. The Kier molecular flexibility index (Phi) is 4.81. The van der Waals surface area contributed by atoms with Crippen LogP contribution in [0.2, 0.25) is 0 Å². The number of anilines is 1. The summed E-state index contributed by atoms with van der Waals surface area (Å²) in [6.07, 6.45) is 1.10. The first kappa shape index (κ1) is 14.3. The van der Waals surface area contributed by atoms with Gasteiger partial charge in [-0.25, -0.2) is 4.39 Å². The zero-order chi connectivity index (χ0) is 13.8. The number of hydrogen-bond acceptors (Lipinski definition) is 2. The first-order chi connectivity index (χ1) is 9.10. The van der Waals surface area contributed by atoms with Gasteiger partial charge in [0.25, 0.3) is 0 Å². The molecule has 1 aliphatic rings. The van der Waals surface area contributed by atoms with Crippen molar-refractivity contribution < 1.29 is 4.39 Å². The number of rotatable bonds is 5. The lowest BCUT2D eigenvalue weighted by Crippen LogP contribution is -2.20. The lowest BCUT2D eigenvalue weighted by atomic mass is 10.0. The summed E-state index contributed by atoms with van der Waals surface area (Å²) >= 11 is 0. The molecule has 106 valence electrons. The van der Waals surface area contributed by atoms with E-state index < -0.39 is 0 Å². The first-order valence-electron chi connectivity index (χ1n) is 7.35. The fourth-order valence-electron chi connectivity index (χ4n) is 2.67. The smallest absolute Gasteiger partial charge is 0.125 e. The van der Waals surface area contributed by atoms with Gasteiger partial charge in [-0.1, -0.05) is 20.8 Å². The monoisotopic (exact) mass is 264 g/mol. The van der Waals surface area contributed by atoms with Gasteiger partial charge in [0.05, 0.1) is 0 Å². The van der Waals surface area contributed by atoms with E-state index in [4.69, 9.17) is 0 Å². The highest BCUT2D eigenvalue weighted by molar-refractivity contribution is 5.50. The average molecular weight is 264 g/mol. The molecular weight excluding hydrogens is 239 g/mol. The molecule has 1 aromatic carbocycles. The third-order valence-electron chi connectivity index (χ3n) is 4.05. The molecule has 1 saturated heterocycles. The molecular formula is C16H25FN2. The summed E-state index contributed by atoms with van der Waals surface area (Å²) in [5.74, 6) is 1.24. The van der Waals surface area contributed by atoms with E-state index in [1.54, 1.807) is 12.1 Å². The highest BCUT2D eigenvalue weighted by Gasteiger charge is 2.26. The normalized spacial score (nSPS) is 23.1. The van der Waals surface area contributed by atoms with Crippen molar-refractivity contribution in [1.82, 2.24) is 5.32 Å². The fraction of sp³-hybridized carbons (Fsp3) is 0.625. The summed E-state index contributed by atoms with van der Waals surface area (Å²) < 4.78 is 13.7. The maximum absolute atomic E-state index is 13.7. The maximum Gasteiger partial charge on any atom is 0.125 e. The molecule has 0 spiro atoms. The fourth-order valence-corrected chi connectivity index (χ4v) is 2.67. The van der Waals surface area contributed by atoms with Gasteiger partial charge in [0.2, 0.25) is 0 Å². The van der Waals surface area contributed by atoms with E-state index in [0.29, 0.717) is 11.8 Å². The van der Waals surface area contributed by atoms with Gasteiger partial charge < -0.3 is 10.2 Å². The van der Waals surface area contributed by atoms with Crippen LogP contribution in [0.25, 0.3) is 0 Å². The van der Waals surface area contributed by atoms with Crippen molar-refractivity contribution >= 4 is 5.69 Å². The van der Waals surface area contributed by atoms with E-state index in [0.717, 1.165) is 43.9 Å². The van der Waals surface area contributed by atoms with Crippen molar-refractivity contribution in [2.24, 2.45) is 11.8 Å². The summed E-state index contributed by atoms with van der Waals surface area (Å²) in [5.41, 5.74) is 2.07. The van der Waals surface area contributed by atoms with Crippen molar-refractivity contribution in [2.75, 3.05) is 24.5 Å². The van der Waals surface area contributed by atoms with Gasteiger partial charge in [-0.3, -0.25) is 0 Å². The molecule has 0 amide bonds. The van der Waals surface area contributed by atoms with E-state index in [1.807, 2.05) is 0 Å². The SMILES string of the molecule is CCCNCc1cc(F)cc(N2CC(C)C(C)C2)c1. The van der Waals surface area contributed by atoms with Crippen LogP contribution in [0.4, 0.5) is 10.1 Å². The second-order valence-corrected chi connectivity index (χ2v) is 5.85. The highest BCUT2D eigenvalue weighted by Crippen LogP contribution is 2.28. The second kappa shape index (κ2) is 6.38. The third kappa shape index (κ3) is 3.69. The first-order valence-corrected chi connectivity index (χ1v) is 7.35. The number of hydrogen-bond donors (Lipinski definition) is 1. The van der Waals surface area contributed by atoms with Crippen molar-refractivity contribution in [1.29, 1.82) is 0 Å². The molecule has 2 atom stereocenters.